The van der Waals surface area contributed by atoms with Crippen LogP contribution in [0.15, 0.2) is 0 Å². The minimum Gasteiger partial charge on any atom is -0.354 e. The second kappa shape index (κ2) is 21.1. The first-order chi connectivity index (χ1) is 14.5. The van der Waals surface area contributed by atoms with E-state index in [0.29, 0.717) is 25.9 Å². The fraction of sp³-hybridized carbons (Fsp3) is 0.920. The zero-order valence-electron chi connectivity index (χ0n) is 20.6. The van der Waals surface area contributed by atoms with Crippen molar-refractivity contribution >= 4 is 11.8 Å². The summed E-state index contributed by atoms with van der Waals surface area (Å²) in [4.78, 5) is 27.7. The molecule has 0 aromatic rings. The lowest BCUT2D eigenvalue weighted by Gasteiger charge is -2.25. The Morgan fingerprint density at radius 2 is 1.17 bits per heavy atom. The monoisotopic (exact) mass is 425 g/mol. The molecule has 0 aliphatic rings. The SMILES string of the molecule is CCCCCCCCCCCCCCN(C)CCN(CCNC(=O)CC)C(=O)CC. The molecule has 0 atom stereocenters. The summed E-state index contributed by atoms with van der Waals surface area (Å²) < 4.78 is 0. The molecular weight excluding hydrogens is 374 g/mol. The summed E-state index contributed by atoms with van der Waals surface area (Å²) in [6.07, 6.45) is 17.5. The molecule has 0 aliphatic carbocycles. The third kappa shape index (κ3) is 17.7. The highest BCUT2D eigenvalue weighted by Gasteiger charge is 2.12. The number of nitrogens with zero attached hydrogens (tertiary/aromatic N) is 2. The normalized spacial score (nSPS) is 11.1. The minimum atomic E-state index is 0.0444. The largest absolute Gasteiger partial charge is 0.354 e. The number of unbranched alkanes of at least 4 members (excludes halogenated alkanes) is 11. The van der Waals surface area contributed by atoms with Gasteiger partial charge in [0.15, 0.2) is 0 Å². The average molecular weight is 426 g/mol. The Kier molecular flexibility index (Phi) is 20.4. The molecule has 0 rings (SSSR count). The summed E-state index contributed by atoms with van der Waals surface area (Å²) in [6, 6.07) is 0. The first kappa shape index (κ1) is 28.9. The summed E-state index contributed by atoms with van der Waals surface area (Å²) in [7, 11) is 2.14. The van der Waals surface area contributed by atoms with Gasteiger partial charge in [0.1, 0.15) is 0 Å². The van der Waals surface area contributed by atoms with Gasteiger partial charge in [-0.15, -0.1) is 0 Å². The van der Waals surface area contributed by atoms with Crippen LogP contribution in [0.3, 0.4) is 0 Å². The van der Waals surface area contributed by atoms with Crippen molar-refractivity contribution in [2.45, 2.75) is 111 Å². The molecule has 0 radical (unpaired) electrons. The van der Waals surface area contributed by atoms with Crippen LogP contribution in [0.4, 0.5) is 0 Å². The van der Waals surface area contributed by atoms with Crippen LogP contribution in [0, 0.1) is 0 Å². The van der Waals surface area contributed by atoms with Crippen molar-refractivity contribution in [1.29, 1.82) is 0 Å². The van der Waals surface area contributed by atoms with E-state index in [4.69, 9.17) is 0 Å². The Balaban J connectivity index is 3.69. The molecule has 0 bridgehead atoms. The number of hydrogen-bond acceptors (Lipinski definition) is 3. The highest BCUT2D eigenvalue weighted by atomic mass is 16.2. The number of likely N-dealkylation sites (N-methyl/N-ethyl adjacent to an activating group) is 1. The number of rotatable bonds is 21. The highest BCUT2D eigenvalue weighted by molar-refractivity contribution is 5.76. The Labute approximate surface area is 187 Å². The van der Waals surface area contributed by atoms with E-state index in [-0.39, 0.29) is 11.8 Å². The lowest BCUT2D eigenvalue weighted by Crippen LogP contribution is -2.42. The van der Waals surface area contributed by atoms with Crippen molar-refractivity contribution in [3.05, 3.63) is 0 Å². The lowest BCUT2D eigenvalue weighted by atomic mass is 10.1. The first-order valence-electron chi connectivity index (χ1n) is 12.8. The fourth-order valence-electron chi connectivity index (χ4n) is 3.67. The van der Waals surface area contributed by atoms with Crippen LogP contribution in [0.2, 0.25) is 0 Å². The third-order valence-corrected chi connectivity index (χ3v) is 5.83. The van der Waals surface area contributed by atoms with Crippen molar-refractivity contribution in [3.63, 3.8) is 0 Å². The number of carbonyl (C=O) groups excluding carboxylic acids is 2. The van der Waals surface area contributed by atoms with Gasteiger partial charge in [0.2, 0.25) is 11.8 Å². The molecule has 0 spiro atoms. The maximum atomic E-state index is 12.1. The number of carbonyl (C=O) groups is 2. The van der Waals surface area contributed by atoms with E-state index in [1.165, 1.54) is 77.0 Å². The molecule has 0 heterocycles. The van der Waals surface area contributed by atoms with Crippen molar-refractivity contribution in [1.82, 2.24) is 15.1 Å². The van der Waals surface area contributed by atoms with Gasteiger partial charge in [-0.25, -0.2) is 0 Å². The van der Waals surface area contributed by atoms with Gasteiger partial charge in [0.05, 0.1) is 0 Å². The van der Waals surface area contributed by atoms with Gasteiger partial charge >= 0.3 is 0 Å². The van der Waals surface area contributed by atoms with Crippen LogP contribution in [-0.2, 0) is 9.59 Å². The number of nitrogens with one attached hydrogen (secondary N) is 1. The molecule has 1 N–H and O–H groups in total. The Hall–Kier alpha value is -1.10. The quantitative estimate of drug-likeness (QED) is 0.251. The average Bonchev–Trinajstić information content (AvgIpc) is 2.75. The van der Waals surface area contributed by atoms with Crippen molar-refractivity contribution < 1.29 is 9.59 Å². The summed E-state index contributed by atoms with van der Waals surface area (Å²) >= 11 is 0. The van der Waals surface area contributed by atoms with Crippen LogP contribution in [0.5, 0.6) is 0 Å². The van der Waals surface area contributed by atoms with Crippen LogP contribution < -0.4 is 5.32 Å². The molecule has 5 heteroatoms. The fourth-order valence-corrected chi connectivity index (χ4v) is 3.67. The molecular formula is C25H51N3O2. The molecule has 0 aromatic carbocycles. The van der Waals surface area contributed by atoms with E-state index in [1.54, 1.807) is 0 Å². The molecule has 5 nitrogen and oxygen atoms in total. The van der Waals surface area contributed by atoms with Crippen molar-refractivity contribution in [3.8, 4) is 0 Å². The molecule has 0 aromatic heterocycles. The van der Waals surface area contributed by atoms with E-state index >= 15 is 0 Å². The van der Waals surface area contributed by atoms with Gasteiger partial charge < -0.3 is 15.1 Å². The van der Waals surface area contributed by atoms with Crippen LogP contribution in [0.1, 0.15) is 111 Å². The third-order valence-electron chi connectivity index (χ3n) is 5.83. The molecule has 0 unspecified atom stereocenters. The zero-order valence-corrected chi connectivity index (χ0v) is 20.6. The van der Waals surface area contributed by atoms with Crippen molar-refractivity contribution in [2.24, 2.45) is 0 Å². The Bertz CT molecular complexity index is 415. The van der Waals surface area contributed by atoms with Crippen LogP contribution in [-0.4, -0.2) is 61.4 Å². The van der Waals surface area contributed by atoms with Crippen LogP contribution in [0.25, 0.3) is 0 Å². The molecule has 0 saturated carbocycles. The smallest absolute Gasteiger partial charge is 0.222 e. The Morgan fingerprint density at radius 3 is 1.67 bits per heavy atom. The second-order valence-corrected chi connectivity index (χ2v) is 8.63. The predicted molar refractivity (Wildman–Crippen MR) is 129 cm³/mol. The van der Waals surface area contributed by atoms with E-state index in [2.05, 4.69) is 24.2 Å². The van der Waals surface area contributed by atoms with Crippen LogP contribution >= 0.6 is 0 Å². The van der Waals surface area contributed by atoms with E-state index in [0.717, 1.165) is 19.6 Å². The minimum absolute atomic E-state index is 0.0444. The molecule has 0 saturated heterocycles. The van der Waals surface area contributed by atoms with E-state index < -0.39 is 0 Å². The lowest BCUT2D eigenvalue weighted by molar-refractivity contribution is -0.131. The van der Waals surface area contributed by atoms with E-state index in [1.807, 2.05) is 18.7 Å². The predicted octanol–water partition coefficient (Wildman–Crippen LogP) is 5.38. The Morgan fingerprint density at radius 1 is 0.633 bits per heavy atom. The van der Waals surface area contributed by atoms with E-state index in [9.17, 15) is 9.59 Å². The van der Waals surface area contributed by atoms with Gasteiger partial charge in [-0.05, 0) is 20.0 Å². The zero-order chi connectivity index (χ0) is 22.5. The maximum Gasteiger partial charge on any atom is 0.222 e. The number of amides is 2. The standard InChI is InChI=1S/C25H51N3O2/c1-5-8-9-10-11-12-13-14-15-16-17-18-20-27(4)22-23-28(25(30)7-3)21-19-26-24(29)6-2/h5-23H2,1-4H3,(H,26,29). The number of hydrogen-bond donors (Lipinski definition) is 1. The summed E-state index contributed by atoms with van der Waals surface area (Å²) in [5.41, 5.74) is 0. The maximum absolute atomic E-state index is 12.1. The summed E-state index contributed by atoms with van der Waals surface area (Å²) in [5.74, 6) is 0.211. The molecule has 2 amide bonds. The molecule has 30 heavy (non-hydrogen) atoms. The molecule has 0 aliphatic heterocycles. The molecule has 0 fully saturated rings. The molecule has 178 valence electrons. The van der Waals surface area contributed by atoms with Gasteiger partial charge in [0, 0.05) is 39.0 Å². The van der Waals surface area contributed by atoms with Gasteiger partial charge in [-0.3, -0.25) is 9.59 Å². The van der Waals surface area contributed by atoms with Gasteiger partial charge in [-0.1, -0.05) is 91.4 Å². The highest BCUT2D eigenvalue weighted by Crippen LogP contribution is 2.12. The first-order valence-corrected chi connectivity index (χ1v) is 12.8. The summed E-state index contributed by atoms with van der Waals surface area (Å²) in [6.45, 7) is 9.89. The topological polar surface area (TPSA) is 52.6 Å². The summed E-state index contributed by atoms with van der Waals surface area (Å²) in [5, 5.41) is 2.86. The van der Waals surface area contributed by atoms with Gasteiger partial charge in [0.25, 0.3) is 0 Å². The van der Waals surface area contributed by atoms with Crippen molar-refractivity contribution in [2.75, 3.05) is 39.8 Å². The second-order valence-electron chi connectivity index (χ2n) is 8.63. The van der Waals surface area contributed by atoms with Gasteiger partial charge in [-0.2, -0.15) is 0 Å².